The Bertz CT molecular complexity index is 2980. The van der Waals surface area contributed by atoms with Gasteiger partial charge >= 0.3 is 0 Å². The Labute approximate surface area is 440 Å². The van der Waals surface area contributed by atoms with Gasteiger partial charge in [-0.1, -0.05) is 27.4 Å². The van der Waals surface area contributed by atoms with Crippen molar-refractivity contribution in [2.24, 2.45) is 0 Å². The van der Waals surface area contributed by atoms with Gasteiger partial charge in [0.1, 0.15) is 7.85 Å². The molecule has 0 aromatic heterocycles. The highest BCUT2D eigenvalue weighted by Crippen LogP contribution is 2.52. The SMILES string of the molecule is [B][B]B([B])B(B([B])[B])c1c(C)c(B([B][B])B([B])[B])c(B([B])B([B])[B])c2c(-c3c4c(C)c(C)c(C)c(C)c4c(-c4c(C)c(C)c(C)c(C)c4C)c4c(C)c(C)c(C)c(C)c34)c(B([B])[B])c([B][B])c([B])c12. The third-order valence-corrected chi connectivity index (χ3v) is 16.7. The van der Waals surface area contributed by atoms with Crippen LogP contribution in [0.25, 0.3) is 54.6 Å². The monoisotopic (exact) mass is 846 g/mol. The first-order valence-corrected chi connectivity index (χ1v) is 23.8. The van der Waals surface area contributed by atoms with Crippen molar-refractivity contribution in [1.82, 2.24) is 0 Å². The van der Waals surface area contributed by atoms with E-state index in [0.29, 0.717) is 49.2 Å². The highest BCUT2D eigenvalue weighted by atomic mass is 14.3. The first-order valence-electron chi connectivity index (χ1n) is 23.8. The second kappa shape index (κ2) is 20.9. The van der Waals surface area contributed by atoms with Crippen LogP contribution in [0, 0.1) is 96.9 Å². The van der Waals surface area contributed by atoms with Gasteiger partial charge in [-0.05, 0) is 224 Å². The van der Waals surface area contributed by atoms with Crippen LogP contribution in [0.5, 0.6) is 0 Å². The zero-order valence-electron chi connectivity index (χ0n) is 43.4. The summed E-state index contributed by atoms with van der Waals surface area (Å²) in [5.74, 6) is 0. The Morgan fingerprint density at radius 3 is 1.06 bits per heavy atom. The third-order valence-electron chi connectivity index (χ3n) is 16.7. The lowest BCUT2D eigenvalue weighted by atomic mass is 8.68. The summed E-state index contributed by atoms with van der Waals surface area (Å²) in [6, 6.07) is 0. The molecule has 6 aromatic carbocycles. The van der Waals surface area contributed by atoms with Crippen molar-refractivity contribution in [1.29, 1.82) is 0 Å². The van der Waals surface area contributed by atoms with Crippen LogP contribution in [0.4, 0.5) is 0 Å². The van der Waals surface area contributed by atoms with Crippen LogP contribution in [0.2, 0.25) is 0 Å². The number of benzene rings is 6. The molecule has 6 rings (SSSR count). The first kappa shape index (κ1) is 56.0. The van der Waals surface area contributed by atoms with E-state index >= 15 is 0 Å². The molecule has 0 nitrogen and oxygen atoms in total. The summed E-state index contributed by atoms with van der Waals surface area (Å²) >= 11 is 0. The fourth-order valence-corrected chi connectivity index (χ4v) is 11.9. The smallest absolute Gasteiger partial charge is 0.111 e. The Balaban J connectivity index is 2.29. The van der Waals surface area contributed by atoms with Gasteiger partial charge in [0.15, 0.2) is 0 Å². The van der Waals surface area contributed by atoms with Gasteiger partial charge in [-0.3, -0.25) is 0 Å². The Kier molecular flexibility index (Phi) is 17.0. The van der Waals surface area contributed by atoms with Gasteiger partial charge in [0.2, 0.25) is 0 Å². The second-order valence-electron chi connectivity index (χ2n) is 19.9. The van der Waals surface area contributed by atoms with Crippen LogP contribution in [0.15, 0.2) is 0 Å². The molecule has 0 saturated heterocycles. The zero-order valence-corrected chi connectivity index (χ0v) is 43.4. The molecule has 0 heterocycles. The fraction of sp³-hybridized carbons (Fsp3) is 0.318. The van der Waals surface area contributed by atoms with Crippen molar-refractivity contribution in [3.05, 3.63) is 77.9 Å². The van der Waals surface area contributed by atoms with Crippen LogP contribution < -0.4 is 32.8 Å². The predicted molar refractivity (Wildman–Crippen MR) is 338 cm³/mol. The number of fused-ring (bicyclic) bond motifs is 3. The summed E-state index contributed by atoms with van der Waals surface area (Å²) < 4.78 is 0. The van der Waals surface area contributed by atoms with Gasteiger partial charge < -0.3 is 0 Å². The Morgan fingerprint density at radius 2 is 0.725 bits per heavy atom. The van der Waals surface area contributed by atoms with Gasteiger partial charge in [0, 0.05) is 140 Å². The van der Waals surface area contributed by atoms with Crippen LogP contribution in [-0.4, -0.2) is 181 Å². The summed E-state index contributed by atoms with van der Waals surface area (Å²) in [6.45, 7) is 26.7. The van der Waals surface area contributed by atoms with E-state index in [-0.39, 0.29) is 5.46 Å². The van der Waals surface area contributed by atoms with Gasteiger partial charge in [-0.15, -0.1) is 10.9 Å². The van der Waals surface area contributed by atoms with Gasteiger partial charge in [-0.25, -0.2) is 0 Å². The summed E-state index contributed by atoms with van der Waals surface area (Å²) in [6.07, 6.45) is -4.11. The van der Waals surface area contributed by atoms with E-state index in [2.05, 4.69) is 90.0 Å². The third kappa shape index (κ3) is 8.64. The van der Waals surface area contributed by atoms with Crippen LogP contribution in [0.1, 0.15) is 77.9 Å². The molecule has 0 amide bonds. The predicted octanol–water partition coefficient (Wildman–Crippen LogP) is -1.67. The van der Waals surface area contributed by atoms with Crippen molar-refractivity contribution >= 4 is 246 Å². The van der Waals surface area contributed by atoms with E-state index in [9.17, 15) is 0 Å². The van der Waals surface area contributed by atoms with Crippen LogP contribution in [0.3, 0.4) is 0 Å². The molecule has 0 aliphatic carbocycles. The van der Waals surface area contributed by atoms with Gasteiger partial charge in [-0.2, -0.15) is 0 Å². The molecule has 31 radical (unpaired) electrons. The molecule has 0 aliphatic heterocycles. The van der Waals surface area contributed by atoms with Crippen LogP contribution in [-0.2, 0) is 0 Å². The molecule has 0 N–H and O–H groups in total. The second-order valence-corrected chi connectivity index (χ2v) is 19.9. The van der Waals surface area contributed by atoms with Gasteiger partial charge in [0.25, 0.3) is 0 Å². The minimum absolute atomic E-state index is 0.234. The van der Waals surface area contributed by atoms with E-state index in [1.165, 1.54) is 65.8 Å². The number of rotatable bonds is 13. The molecule has 0 aliphatic rings. The highest BCUT2D eigenvalue weighted by molar-refractivity contribution is 7.88. The molecule has 6 aromatic rings. The molecule has 69 heavy (non-hydrogen) atoms. The lowest BCUT2D eigenvalue weighted by Gasteiger charge is -2.39. The normalized spacial score (nSPS) is 11.3. The average molecular weight is 841 g/mol. The van der Waals surface area contributed by atoms with Crippen molar-refractivity contribution in [3.63, 3.8) is 0 Å². The Hall–Kier alpha value is -2.28. The quantitative estimate of drug-likeness (QED) is 0.0966. The molecular formula is C44H42B25. The number of aryl methyl sites for hydroxylation is 4. The molecule has 25 heteroatoms. The topological polar surface area (TPSA) is 0 Å². The minimum atomic E-state index is -1.16. The fourth-order valence-electron chi connectivity index (χ4n) is 11.9. The standard InChI is InChI=1S/C44H42B25/c1-15-16(2)22(8)29(23(9)17(15)3)34-30-24(10)18(4)20(6)26(12)32(30)35(33-27(13)21(7)19(5)25(11)31(33)34)36-37-38(39(45)40(59-46)43(36)62(49)50)41(65(68(56)57)69(58)61-48)28(14)42(64(60-47)67(54)55)44(37)63(51)66(52)53/h1-14H3. The number of hydrogen-bond donors (Lipinski definition) is 0. The molecule has 0 spiro atoms. The van der Waals surface area contributed by atoms with E-state index in [1.807, 2.05) is 6.92 Å². The first-order chi connectivity index (χ1) is 32.1. The molecule has 0 bridgehead atoms. The summed E-state index contributed by atoms with van der Waals surface area (Å²) in [7, 11) is 101. The maximum Gasteiger partial charge on any atom is 0.113 e. The molecule has 293 valence electrons. The van der Waals surface area contributed by atoms with Crippen molar-refractivity contribution in [3.8, 4) is 22.3 Å². The van der Waals surface area contributed by atoms with E-state index in [4.69, 9.17) is 108 Å². The molecule has 0 fully saturated rings. The molecule has 0 atom stereocenters. The summed E-state index contributed by atoms with van der Waals surface area (Å²) in [5.41, 5.74) is 22.4. The summed E-state index contributed by atoms with van der Waals surface area (Å²) in [4.78, 5) is 0. The van der Waals surface area contributed by atoms with Crippen LogP contribution >= 0.6 is 0 Å². The number of hydrogen-bond acceptors (Lipinski definition) is 0. The van der Waals surface area contributed by atoms with Crippen molar-refractivity contribution in [2.45, 2.75) is 96.9 Å². The molecule has 0 unspecified atom stereocenters. The average Bonchev–Trinajstić information content (AvgIpc) is 3.29. The van der Waals surface area contributed by atoms with E-state index in [0.717, 1.165) is 66.1 Å². The van der Waals surface area contributed by atoms with Gasteiger partial charge in [0.05, 0.1) is 33.1 Å². The summed E-state index contributed by atoms with van der Waals surface area (Å²) in [5, 5.41) is 5.20. The van der Waals surface area contributed by atoms with Crippen molar-refractivity contribution < 1.29 is 0 Å². The van der Waals surface area contributed by atoms with E-state index < -0.39 is 51.5 Å². The Morgan fingerprint density at radius 1 is 0.333 bits per heavy atom. The van der Waals surface area contributed by atoms with E-state index in [1.54, 1.807) is 0 Å². The lowest BCUT2D eigenvalue weighted by molar-refractivity contribution is 1.18. The maximum atomic E-state index is 7.55. The highest BCUT2D eigenvalue weighted by Gasteiger charge is 2.39. The zero-order chi connectivity index (χ0) is 52.1. The largest absolute Gasteiger partial charge is 0.113 e. The molecular weight excluding hydrogens is 799 g/mol. The minimum Gasteiger partial charge on any atom is -0.111 e. The molecule has 0 saturated carbocycles. The maximum absolute atomic E-state index is 7.55. The lowest BCUT2D eigenvalue weighted by Crippen LogP contribution is -2.69. The van der Waals surface area contributed by atoms with Crippen molar-refractivity contribution in [2.75, 3.05) is 0 Å².